The predicted octanol–water partition coefficient (Wildman–Crippen LogP) is 4.89. The molecule has 0 aliphatic rings. The monoisotopic (exact) mass is 268 g/mol. The van der Waals surface area contributed by atoms with E-state index in [1.807, 2.05) is 18.2 Å². The van der Waals surface area contributed by atoms with Crippen molar-refractivity contribution in [3.8, 4) is 0 Å². The molecule has 92 valence electrons. The summed E-state index contributed by atoms with van der Waals surface area (Å²) in [6, 6.07) is 5.87. The highest BCUT2D eigenvalue weighted by Crippen LogP contribution is 2.30. The first-order chi connectivity index (χ1) is 8.01. The van der Waals surface area contributed by atoms with Gasteiger partial charge in [0.15, 0.2) is 4.77 Å². The Morgan fingerprint density at radius 3 is 2.59 bits per heavy atom. The third-order valence-electron chi connectivity index (χ3n) is 3.71. The molecule has 0 saturated carbocycles. The Morgan fingerprint density at radius 1 is 1.35 bits per heavy atom. The molecular formula is C13H17ClN2S. The molecule has 1 N–H and O–H groups in total. The molecule has 1 heterocycles. The van der Waals surface area contributed by atoms with E-state index in [0.717, 1.165) is 33.7 Å². The first kappa shape index (κ1) is 12.7. The maximum atomic E-state index is 6.00. The van der Waals surface area contributed by atoms with Crippen LogP contribution in [0.2, 0.25) is 5.02 Å². The zero-order chi connectivity index (χ0) is 12.6. The van der Waals surface area contributed by atoms with Crippen molar-refractivity contribution >= 4 is 34.9 Å². The zero-order valence-electron chi connectivity index (χ0n) is 10.4. The fraction of sp³-hybridized carbons (Fsp3) is 0.462. The van der Waals surface area contributed by atoms with Gasteiger partial charge in [-0.15, -0.1) is 0 Å². The Hall–Kier alpha value is -0.800. The van der Waals surface area contributed by atoms with Gasteiger partial charge >= 0.3 is 0 Å². The van der Waals surface area contributed by atoms with Crippen LogP contribution in [-0.2, 0) is 5.54 Å². The minimum absolute atomic E-state index is 0.0587. The van der Waals surface area contributed by atoms with E-state index in [1.165, 1.54) is 0 Å². The normalized spacial score (nSPS) is 12.2. The molecule has 0 aliphatic carbocycles. The van der Waals surface area contributed by atoms with Crippen LogP contribution in [0.1, 0.15) is 33.6 Å². The van der Waals surface area contributed by atoms with Crippen LogP contribution in [0, 0.1) is 4.77 Å². The summed E-state index contributed by atoms with van der Waals surface area (Å²) in [6.07, 6.45) is 2.10. The molecule has 0 amide bonds. The van der Waals surface area contributed by atoms with Crippen LogP contribution in [0.15, 0.2) is 18.2 Å². The molecule has 0 fully saturated rings. The van der Waals surface area contributed by atoms with Crippen molar-refractivity contribution in [3.05, 3.63) is 28.0 Å². The van der Waals surface area contributed by atoms with Crippen molar-refractivity contribution < 1.29 is 0 Å². The second-order valence-corrected chi connectivity index (χ2v) is 5.45. The summed E-state index contributed by atoms with van der Waals surface area (Å²) in [5.41, 5.74) is 2.20. The van der Waals surface area contributed by atoms with Crippen molar-refractivity contribution in [1.82, 2.24) is 9.55 Å². The minimum atomic E-state index is 0.0587. The molecule has 2 nitrogen and oxygen atoms in total. The lowest BCUT2D eigenvalue weighted by atomic mass is 9.95. The fourth-order valence-electron chi connectivity index (χ4n) is 2.19. The molecule has 0 atom stereocenters. The van der Waals surface area contributed by atoms with E-state index in [-0.39, 0.29) is 5.54 Å². The number of aromatic nitrogens is 2. The van der Waals surface area contributed by atoms with Crippen LogP contribution < -0.4 is 0 Å². The van der Waals surface area contributed by atoms with Crippen molar-refractivity contribution in [2.24, 2.45) is 0 Å². The van der Waals surface area contributed by atoms with Crippen LogP contribution in [0.25, 0.3) is 11.0 Å². The molecule has 2 aromatic rings. The number of H-pyrrole nitrogens is 1. The molecule has 0 bridgehead atoms. The van der Waals surface area contributed by atoms with Crippen LogP contribution in [0.5, 0.6) is 0 Å². The summed E-state index contributed by atoms with van der Waals surface area (Å²) in [7, 11) is 0. The number of hydrogen-bond donors (Lipinski definition) is 1. The third kappa shape index (κ3) is 2.02. The van der Waals surface area contributed by atoms with Crippen LogP contribution in [-0.4, -0.2) is 9.55 Å². The summed E-state index contributed by atoms with van der Waals surface area (Å²) in [5.74, 6) is 0. The van der Waals surface area contributed by atoms with Gasteiger partial charge in [-0.3, -0.25) is 0 Å². The fourth-order valence-corrected chi connectivity index (χ4v) is 2.79. The van der Waals surface area contributed by atoms with Crippen molar-refractivity contribution in [2.75, 3.05) is 0 Å². The molecule has 0 aliphatic heterocycles. The van der Waals surface area contributed by atoms with Gasteiger partial charge in [-0.25, -0.2) is 0 Å². The molecule has 0 spiro atoms. The quantitative estimate of drug-likeness (QED) is 0.786. The number of benzene rings is 1. The number of nitrogens with one attached hydrogen (secondary N) is 1. The number of hydrogen-bond acceptors (Lipinski definition) is 1. The van der Waals surface area contributed by atoms with E-state index in [2.05, 4.69) is 30.3 Å². The number of imidazole rings is 1. The van der Waals surface area contributed by atoms with Gasteiger partial charge in [0, 0.05) is 10.6 Å². The van der Waals surface area contributed by atoms with E-state index in [9.17, 15) is 0 Å². The standard InChI is InChI=1S/C13H17ClN2S/c1-4-13(3,5-2)16-11-7-6-9(14)8-10(11)15-12(16)17/h6-8H,4-5H2,1-3H3,(H,15,17). The molecule has 17 heavy (non-hydrogen) atoms. The van der Waals surface area contributed by atoms with Gasteiger partial charge in [-0.1, -0.05) is 25.4 Å². The Kier molecular flexibility index (Phi) is 3.32. The first-order valence-electron chi connectivity index (χ1n) is 5.92. The molecule has 1 aromatic heterocycles. The third-order valence-corrected chi connectivity index (χ3v) is 4.23. The minimum Gasteiger partial charge on any atom is -0.331 e. The van der Waals surface area contributed by atoms with E-state index in [0.29, 0.717) is 0 Å². The van der Waals surface area contributed by atoms with Crippen LogP contribution in [0.3, 0.4) is 0 Å². The number of fused-ring (bicyclic) bond motifs is 1. The highest BCUT2D eigenvalue weighted by molar-refractivity contribution is 7.71. The van der Waals surface area contributed by atoms with Crippen LogP contribution >= 0.6 is 23.8 Å². The molecule has 1 aromatic carbocycles. The maximum absolute atomic E-state index is 6.00. The summed E-state index contributed by atoms with van der Waals surface area (Å²) in [4.78, 5) is 3.24. The molecule has 0 unspecified atom stereocenters. The predicted molar refractivity (Wildman–Crippen MR) is 76.4 cm³/mol. The smallest absolute Gasteiger partial charge is 0.178 e. The van der Waals surface area contributed by atoms with E-state index >= 15 is 0 Å². The lowest BCUT2D eigenvalue weighted by Gasteiger charge is -2.29. The largest absolute Gasteiger partial charge is 0.331 e. The summed E-state index contributed by atoms with van der Waals surface area (Å²) >= 11 is 11.4. The first-order valence-corrected chi connectivity index (χ1v) is 6.71. The van der Waals surface area contributed by atoms with Crippen molar-refractivity contribution in [3.63, 3.8) is 0 Å². The average molecular weight is 269 g/mol. The zero-order valence-corrected chi connectivity index (χ0v) is 12.0. The number of aromatic amines is 1. The van der Waals surface area contributed by atoms with Gasteiger partial charge in [0.1, 0.15) is 0 Å². The Balaban J connectivity index is 2.77. The second-order valence-electron chi connectivity index (χ2n) is 4.63. The SMILES string of the molecule is CCC(C)(CC)n1c(=S)[nH]c2cc(Cl)ccc21. The maximum Gasteiger partial charge on any atom is 0.178 e. The number of rotatable bonds is 3. The van der Waals surface area contributed by atoms with Gasteiger partial charge in [-0.05, 0) is 50.2 Å². The molecule has 2 rings (SSSR count). The second kappa shape index (κ2) is 4.46. The Bertz CT molecular complexity index is 593. The van der Waals surface area contributed by atoms with Crippen LogP contribution in [0.4, 0.5) is 0 Å². The highest BCUT2D eigenvalue weighted by atomic mass is 35.5. The van der Waals surface area contributed by atoms with Crippen molar-refractivity contribution in [2.45, 2.75) is 39.2 Å². The van der Waals surface area contributed by atoms with Gasteiger partial charge in [0.05, 0.1) is 11.0 Å². The Labute approximate surface area is 112 Å². The van der Waals surface area contributed by atoms with E-state index < -0.39 is 0 Å². The highest BCUT2D eigenvalue weighted by Gasteiger charge is 2.24. The molecule has 4 heteroatoms. The van der Waals surface area contributed by atoms with E-state index in [4.69, 9.17) is 23.8 Å². The molecular weight excluding hydrogens is 252 g/mol. The topological polar surface area (TPSA) is 20.7 Å². The Morgan fingerprint density at radius 2 is 2.00 bits per heavy atom. The van der Waals surface area contributed by atoms with Gasteiger partial charge in [-0.2, -0.15) is 0 Å². The van der Waals surface area contributed by atoms with Crippen molar-refractivity contribution in [1.29, 1.82) is 0 Å². The van der Waals surface area contributed by atoms with Gasteiger partial charge in [0.25, 0.3) is 0 Å². The van der Waals surface area contributed by atoms with Gasteiger partial charge in [0.2, 0.25) is 0 Å². The summed E-state index contributed by atoms with van der Waals surface area (Å²) < 4.78 is 2.99. The number of nitrogens with zero attached hydrogens (tertiary/aromatic N) is 1. The number of halogens is 1. The van der Waals surface area contributed by atoms with E-state index in [1.54, 1.807) is 0 Å². The molecule has 0 saturated heterocycles. The van der Waals surface area contributed by atoms with Gasteiger partial charge < -0.3 is 9.55 Å². The summed E-state index contributed by atoms with van der Waals surface area (Å²) in [5, 5.41) is 0.732. The average Bonchev–Trinajstić information content (AvgIpc) is 2.64. The lowest BCUT2D eigenvalue weighted by Crippen LogP contribution is -2.28. The lowest BCUT2D eigenvalue weighted by molar-refractivity contribution is 0.299. The molecule has 0 radical (unpaired) electrons. The summed E-state index contributed by atoms with van der Waals surface area (Å²) in [6.45, 7) is 6.63.